The van der Waals surface area contributed by atoms with Crippen LogP contribution >= 0.6 is 11.3 Å². The van der Waals surface area contributed by atoms with E-state index in [0.29, 0.717) is 30.3 Å². The van der Waals surface area contributed by atoms with Crippen LogP contribution in [0.3, 0.4) is 0 Å². The molecule has 0 aliphatic heterocycles. The van der Waals surface area contributed by atoms with Gasteiger partial charge in [0, 0.05) is 18.5 Å². The zero-order valence-electron chi connectivity index (χ0n) is 19.0. The fraction of sp³-hybridized carbons (Fsp3) is 0.348. The molecule has 0 fully saturated rings. The highest BCUT2D eigenvalue weighted by molar-refractivity contribution is 7.09. The Balaban J connectivity index is 1.75. The van der Waals surface area contributed by atoms with Gasteiger partial charge in [0.25, 0.3) is 0 Å². The molecule has 1 atom stereocenters. The van der Waals surface area contributed by atoms with Crippen molar-refractivity contribution in [2.45, 2.75) is 33.3 Å². The minimum absolute atomic E-state index is 0.186. The molecule has 2 N–H and O–H groups in total. The van der Waals surface area contributed by atoms with Gasteiger partial charge >= 0.3 is 0 Å². The van der Waals surface area contributed by atoms with Gasteiger partial charge in [-0.2, -0.15) is 0 Å². The van der Waals surface area contributed by atoms with Crippen molar-refractivity contribution in [3.8, 4) is 28.4 Å². The first-order valence-corrected chi connectivity index (χ1v) is 11.5. The van der Waals surface area contributed by atoms with Crippen LogP contribution in [0.15, 0.2) is 34.3 Å². The van der Waals surface area contributed by atoms with Crippen LogP contribution < -0.4 is 10.1 Å². The van der Waals surface area contributed by atoms with Crippen LogP contribution in [0, 0.1) is 20.8 Å². The number of hydrogen-bond donors (Lipinski definition) is 2. The lowest BCUT2D eigenvalue weighted by atomic mass is 10.0. The monoisotopic (exact) mass is 466 g/mol. The van der Waals surface area contributed by atoms with E-state index in [1.807, 2.05) is 45.0 Å². The second-order valence-electron chi connectivity index (χ2n) is 7.73. The summed E-state index contributed by atoms with van der Waals surface area (Å²) in [5.41, 5.74) is 6.77. The van der Waals surface area contributed by atoms with Gasteiger partial charge in [-0.25, -0.2) is 9.97 Å². The van der Waals surface area contributed by atoms with E-state index in [1.165, 1.54) is 11.3 Å². The first kappa shape index (κ1) is 23.0. The van der Waals surface area contributed by atoms with Gasteiger partial charge in [0.2, 0.25) is 0 Å². The lowest BCUT2D eigenvalue weighted by molar-refractivity contribution is 0.108. The summed E-state index contributed by atoms with van der Waals surface area (Å²) in [5.74, 6) is 1.91. The average molecular weight is 467 g/mol. The zero-order chi connectivity index (χ0) is 23.4. The molecule has 10 heteroatoms. The predicted octanol–water partition coefficient (Wildman–Crippen LogP) is 3.13. The number of aromatic nitrogens is 5. The van der Waals surface area contributed by atoms with Crippen molar-refractivity contribution in [1.82, 2.24) is 30.6 Å². The summed E-state index contributed by atoms with van der Waals surface area (Å²) in [4.78, 5) is 9.78. The van der Waals surface area contributed by atoms with Gasteiger partial charge in [0.15, 0.2) is 5.82 Å². The number of aliphatic hydroxyl groups is 1. The van der Waals surface area contributed by atoms with Crippen LogP contribution in [0.2, 0.25) is 0 Å². The van der Waals surface area contributed by atoms with Crippen molar-refractivity contribution in [3.05, 3.63) is 57.5 Å². The molecule has 0 radical (unpaired) electrons. The zero-order valence-corrected chi connectivity index (χ0v) is 19.8. The second kappa shape index (κ2) is 10.2. The Morgan fingerprint density at radius 3 is 2.76 bits per heavy atom. The van der Waals surface area contributed by atoms with Crippen molar-refractivity contribution in [2.24, 2.45) is 0 Å². The van der Waals surface area contributed by atoms with Gasteiger partial charge < -0.3 is 19.7 Å². The van der Waals surface area contributed by atoms with E-state index in [-0.39, 0.29) is 6.61 Å². The molecule has 4 rings (SSSR count). The first-order valence-electron chi connectivity index (χ1n) is 10.6. The summed E-state index contributed by atoms with van der Waals surface area (Å²) >= 11 is 1.49. The average Bonchev–Trinajstić information content (AvgIpc) is 3.44. The molecule has 1 aromatic carbocycles. The number of benzene rings is 1. The van der Waals surface area contributed by atoms with Crippen molar-refractivity contribution >= 4 is 11.3 Å². The molecule has 9 nitrogen and oxygen atoms in total. The van der Waals surface area contributed by atoms with E-state index in [1.54, 1.807) is 12.6 Å². The van der Waals surface area contributed by atoms with Gasteiger partial charge in [0.1, 0.15) is 34.7 Å². The molecular formula is C23H26N6O3S. The van der Waals surface area contributed by atoms with E-state index in [2.05, 4.69) is 20.7 Å². The summed E-state index contributed by atoms with van der Waals surface area (Å²) in [6.45, 7) is 6.43. The summed E-state index contributed by atoms with van der Waals surface area (Å²) in [6, 6.07) is 7.55. The summed E-state index contributed by atoms with van der Waals surface area (Å²) in [6.07, 6.45) is -0.0478. The molecule has 3 heterocycles. The second-order valence-corrected chi connectivity index (χ2v) is 8.64. The van der Waals surface area contributed by atoms with Gasteiger partial charge in [-0.05, 0) is 45.5 Å². The number of nitrogens with zero attached hydrogens (tertiary/aromatic N) is 5. The highest BCUT2D eigenvalue weighted by Gasteiger charge is 2.21. The molecule has 0 bridgehead atoms. The van der Waals surface area contributed by atoms with Crippen molar-refractivity contribution < 1.29 is 14.4 Å². The predicted molar refractivity (Wildman–Crippen MR) is 125 cm³/mol. The third kappa shape index (κ3) is 5.24. The number of rotatable bonds is 9. The normalized spacial score (nSPS) is 12.2. The number of hydrogen-bond acceptors (Lipinski definition) is 10. The molecule has 0 amide bonds. The fourth-order valence-electron chi connectivity index (χ4n) is 3.56. The summed E-state index contributed by atoms with van der Waals surface area (Å²) < 4.78 is 11.2. The van der Waals surface area contributed by atoms with Crippen molar-refractivity contribution in [3.63, 3.8) is 0 Å². The van der Waals surface area contributed by atoms with Crippen molar-refractivity contribution in [2.75, 3.05) is 20.2 Å². The van der Waals surface area contributed by atoms with Crippen LogP contribution in [0.4, 0.5) is 0 Å². The molecule has 0 aliphatic rings. The van der Waals surface area contributed by atoms with Gasteiger partial charge in [0.05, 0.1) is 22.6 Å². The van der Waals surface area contributed by atoms with Crippen LogP contribution in [-0.4, -0.2) is 56.7 Å². The fourth-order valence-corrected chi connectivity index (χ4v) is 4.09. The Morgan fingerprint density at radius 1 is 1.21 bits per heavy atom. The lowest BCUT2D eigenvalue weighted by Gasteiger charge is -2.14. The lowest BCUT2D eigenvalue weighted by Crippen LogP contribution is -2.29. The van der Waals surface area contributed by atoms with Crippen molar-refractivity contribution in [1.29, 1.82) is 0 Å². The topological polar surface area (TPSA) is 119 Å². The molecule has 1 unspecified atom stereocenters. The maximum absolute atomic E-state index is 9.94. The Morgan fingerprint density at radius 2 is 2.06 bits per heavy atom. The van der Waals surface area contributed by atoms with Gasteiger partial charge in [-0.3, -0.25) is 0 Å². The smallest absolute Gasteiger partial charge is 0.160 e. The molecule has 172 valence electrons. The van der Waals surface area contributed by atoms with E-state index in [9.17, 15) is 5.11 Å². The number of aryl methyl sites for hydroxylation is 2. The molecule has 3 aromatic heterocycles. The molecule has 4 aromatic rings. The van der Waals surface area contributed by atoms with Crippen LogP contribution in [0.25, 0.3) is 22.6 Å². The minimum Gasteiger partial charge on any atom is -0.491 e. The molecule has 0 spiro atoms. The quantitative estimate of drug-likeness (QED) is 0.383. The number of likely N-dealkylation sites (N-methyl/N-ethyl adjacent to an activating group) is 1. The summed E-state index contributed by atoms with van der Waals surface area (Å²) in [5, 5.41) is 26.0. The largest absolute Gasteiger partial charge is 0.491 e. The van der Waals surface area contributed by atoms with Crippen LogP contribution in [0.1, 0.15) is 27.7 Å². The standard InChI is InChI=1S/C23H26N6O3S/c1-13-19(9-20-28-25-12-33-20)26-23(27-22(13)21-14(2)29-32-15(21)3)16-6-5-7-18(8-16)31-11-17(30)10-24-4/h5-8,12,17,24,30H,9-11H2,1-4H3. The maximum Gasteiger partial charge on any atom is 0.160 e. The molecular weight excluding hydrogens is 440 g/mol. The summed E-state index contributed by atoms with van der Waals surface area (Å²) in [7, 11) is 1.79. The van der Waals surface area contributed by atoms with E-state index in [0.717, 1.165) is 38.8 Å². The van der Waals surface area contributed by atoms with Crippen LogP contribution in [-0.2, 0) is 6.42 Å². The molecule has 33 heavy (non-hydrogen) atoms. The third-order valence-corrected chi connectivity index (χ3v) is 5.91. The third-order valence-electron chi connectivity index (χ3n) is 5.22. The van der Waals surface area contributed by atoms with Crippen LogP contribution in [0.5, 0.6) is 5.75 Å². The number of ether oxygens (including phenoxy) is 1. The molecule has 0 aliphatic carbocycles. The highest BCUT2D eigenvalue weighted by atomic mass is 32.1. The Kier molecular flexibility index (Phi) is 7.07. The molecule has 0 saturated carbocycles. The van der Waals surface area contributed by atoms with Gasteiger partial charge in [-0.15, -0.1) is 21.5 Å². The van der Waals surface area contributed by atoms with E-state index in [4.69, 9.17) is 19.2 Å². The highest BCUT2D eigenvalue weighted by Crippen LogP contribution is 2.32. The Bertz CT molecular complexity index is 1210. The first-order chi connectivity index (χ1) is 16.0. The number of nitrogens with one attached hydrogen (secondary N) is 1. The SMILES string of the molecule is CNCC(O)COc1cccc(-c2nc(Cc3nncs3)c(C)c(-c3c(C)noc3C)n2)c1. The Labute approximate surface area is 195 Å². The number of aliphatic hydroxyl groups excluding tert-OH is 1. The maximum atomic E-state index is 9.94. The Hall–Kier alpha value is -3.21. The van der Waals surface area contributed by atoms with E-state index >= 15 is 0 Å². The molecule has 0 saturated heterocycles. The minimum atomic E-state index is -0.598. The van der Waals surface area contributed by atoms with Gasteiger partial charge in [-0.1, -0.05) is 17.3 Å². The van der Waals surface area contributed by atoms with E-state index < -0.39 is 6.10 Å².